The Balaban J connectivity index is 2.01. The van der Waals surface area contributed by atoms with Crippen molar-refractivity contribution in [3.05, 3.63) is 47.8 Å². The minimum absolute atomic E-state index is 0.112. The Morgan fingerprint density at radius 2 is 2.09 bits per heavy atom. The van der Waals surface area contributed by atoms with Crippen molar-refractivity contribution in [2.45, 2.75) is 6.42 Å². The summed E-state index contributed by atoms with van der Waals surface area (Å²) in [6.45, 7) is 1.01. The van der Waals surface area contributed by atoms with Crippen LogP contribution in [0.3, 0.4) is 0 Å². The second-order valence-corrected chi connectivity index (χ2v) is 4.62. The summed E-state index contributed by atoms with van der Waals surface area (Å²) in [5.41, 5.74) is 0.448. The molecule has 0 saturated carbocycles. The van der Waals surface area contributed by atoms with Gasteiger partial charge >= 0.3 is 0 Å². The zero-order valence-corrected chi connectivity index (χ0v) is 12.5. The van der Waals surface area contributed by atoms with E-state index in [4.69, 9.17) is 4.74 Å². The highest BCUT2D eigenvalue weighted by atomic mass is 19.2. The highest BCUT2D eigenvalue weighted by Crippen LogP contribution is 2.16. The van der Waals surface area contributed by atoms with Crippen LogP contribution in [0.4, 0.5) is 20.4 Å². The van der Waals surface area contributed by atoms with E-state index in [1.54, 1.807) is 7.11 Å². The van der Waals surface area contributed by atoms with E-state index in [-0.39, 0.29) is 23.2 Å². The van der Waals surface area contributed by atoms with Crippen molar-refractivity contribution >= 4 is 17.5 Å². The molecule has 0 atom stereocenters. The topological polar surface area (TPSA) is 76.1 Å². The number of hydrogen-bond donors (Lipinski definition) is 2. The third-order valence-corrected chi connectivity index (χ3v) is 2.87. The van der Waals surface area contributed by atoms with Crippen LogP contribution in [0.5, 0.6) is 0 Å². The summed E-state index contributed by atoms with van der Waals surface area (Å²) in [6, 6.07) is 4.78. The van der Waals surface area contributed by atoms with Crippen LogP contribution in [0, 0.1) is 11.6 Å². The van der Waals surface area contributed by atoms with E-state index in [0.717, 1.165) is 12.1 Å². The molecule has 23 heavy (non-hydrogen) atoms. The van der Waals surface area contributed by atoms with Crippen molar-refractivity contribution in [3.8, 4) is 0 Å². The van der Waals surface area contributed by atoms with E-state index in [9.17, 15) is 13.6 Å². The summed E-state index contributed by atoms with van der Waals surface area (Å²) in [4.78, 5) is 19.9. The number of carbonyl (C=O) groups excluding carboxylic acids is 1. The third-order valence-electron chi connectivity index (χ3n) is 2.87. The first-order valence-electron chi connectivity index (χ1n) is 6.92. The molecule has 0 unspecified atom stereocenters. The minimum atomic E-state index is -0.984. The lowest BCUT2D eigenvalue weighted by Gasteiger charge is -2.07. The number of carbonyl (C=O) groups is 1. The zero-order valence-electron chi connectivity index (χ0n) is 12.5. The molecule has 1 heterocycles. The number of nitrogens with one attached hydrogen (secondary N) is 2. The molecular formula is C15H16F2N4O2. The highest BCUT2D eigenvalue weighted by Gasteiger charge is 2.09. The number of benzene rings is 1. The predicted molar refractivity (Wildman–Crippen MR) is 80.5 cm³/mol. The van der Waals surface area contributed by atoms with E-state index in [0.29, 0.717) is 19.6 Å². The Labute approximate surface area is 131 Å². The van der Waals surface area contributed by atoms with Crippen LogP contribution in [-0.2, 0) is 4.74 Å². The molecule has 8 heteroatoms. The predicted octanol–water partition coefficient (Wildman–Crippen LogP) is 2.26. The Bertz CT molecular complexity index is 682. The van der Waals surface area contributed by atoms with Gasteiger partial charge in [0.05, 0.1) is 0 Å². The Kier molecular flexibility index (Phi) is 5.93. The number of halogens is 2. The number of anilines is 2. The standard InChI is InChI=1S/C15H16F2N4O2/c1-23-8-2-6-18-14(22)13-5-7-19-15(21-13)20-10-3-4-11(16)12(17)9-10/h3-5,7,9H,2,6,8H2,1H3,(H,18,22)(H,19,20,21). The van der Waals surface area contributed by atoms with Crippen molar-refractivity contribution in [2.24, 2.45) is 0 Å². The second-order valence-electron chi connectivity index (χ2n) is 4.62. The van der Waals surface area contributed by atoms with E-state index in [1.165, 1.54) is 18.3 Å². The van der Waals surface area contributed by atoms with E-state index < -0.39 is 11.6 Å². The summed E-state index contributed by atoms with van der Waals surface area (Å²) in [7, 11) is 1.59. The summed E-state index contributed by atoms with van der Waals surface area (Å²) >= 11 is 0. The normalized spacial score (nSPS) is 10.4. The maximum atomic E-state index is 13.2. The fraction of sp³-hybridized carbons (Fsp3) is 0.267. The molecule has 2 N–H and O–H groups in total. The summed E-state index contributed by atoms with van der Waals surface area (Å²) in [5, 5.41) is 5.41. The first-order chi connectivity index (χ1) is 11.1. The molecule has 6 nitrogen and oxygen atoms in total. The third kappa shape index (κ3) is 4.96. The van der Waals surface area contributed by atoms with Crippen molar-refractivity contribution in [3.63, 3.8) is 0 Å². The molecule has 0 fully saturated rings. The van der Waals surface area contributed by atoms with Gasteiger partial charge in [-0.05, 0) is 24.6 Å². The first-order valence-corrected chi connectivity index (χ1v) is 6.92. The van der Waals surface area contributed by atoms with Gasteiger partial charge in [-0.3, -0.25) is 4.79 Å². The lowest BCUT2D eigenvalue weighted by atomic mass is 10.3. The minimum Gasteiger partial charge on any atom is -0.385 e. The molecule has 0 saturated heterocycles. The van der Waals surface area contributed by atoms with Gasteiger partial charge in [-0.15, -0.1) is 0 Å². The fourth-order valence-corrected chi connectivity index (χ4v) is 1.76. The number of amides is 1. The molecule has 2 aromatic rings. The zero-order chi connectivity index (χ0) is 16.7. The number of ether oxygens (including phenoxy) is 1. The Hall–Kier alpha value is -2.61. The summed E-state index contributed by atoms with van der Waals surface area (Å²) < 4.78 is 30.9. The van der Waals surface area contributed by atoms with Crippen molar-refractivity contribution in [1.29, 1.82) is 0 Å². The number of nitrogens with zero attached hydrogens (tertiary/aromatic N) is 2. The number of hydrogen-bond acceptors (Lipinski definition) is 5. The average molecular weight is 322 g/mol. The van der Waals surface area contributed by atoms with Crippen molar-refractivity contribution in [2.75, 3.05) is 25.6 Å². The van der Waals surface area contributed by atoms with Gasteiger partial charge in [-0.1, -0.05) is 0 Å². The number of rotatable bonds is 7. The molecule has 0 aliphatic heterocycles. The fourth-order valence-electron chi connectivity index (χ4n) is 1.76. The van der Waals surface area contributed by atoms with Crippen LogP contribution in [-0.4, -0.2) is 36.1 Å². The highest BCUT2D eigenvalue weighted by molar-refractivity contribution is 5.92. The molecule has 0 aliphatic carbocycles. The van der Waals surface area contributed by atoms with Crippen LogP contribution in [0.2, 0.25) is 0 Å². The molecule has 0 aliphatic rings. The van der Waals surface area contributed by atoms with Gasteiger partial charge < -0.3 is 15.4 Å². The Morgan fingerprint density at radius 3 is 2.83 bits per heavy atom. The van der Waals surface area contributed by atoms with Gasteiger partial charge in [0.2, 0.25) is 5.95 Å². The second kappa shape index (κ2) is 8.14. The van der Waals surface area contributed by atoms with Gasteiger partial charge in [0.25, 0.3) is 5.91 Å². The SMILES string of the molecule is COCCCNC(=O)c1ccnc(Nc2ccc(F)c(F)c2)n1. The Morgan fingerprint density at radius 1 is 1.26 bits per heavy atom. The van der Waals surface area contributed by atoms with E-state index in [1.807, 2.05) is 0 Å². The van der Waals surface area contributed by atoms with Crippen molar-refractivity contribution in [1.82, 2.24) is 15.3 Å². The van der Waals surface area contributed by atoms with Gasteiger partial charge in [0, 0.05) is 38.2 Å². The van der Waals surface area contributed by atoms with E-state index in [2.05, 4.69) is 20.6 Å². The molecule has 1 aromatic heterocycles. The molecule has 122 valence electrons. The molecule has 1 aromatic carbocycles. The van der Waals surface area contributed by atoms with Gasteiger partial charge in [0.15, 0.2) is 11.6 Å². The lowest BCUT2D eigenvalue weighted by Crippen LogP contribution is -2.26. The summed E-state index contributed by atoms with van der Waals surface area (Å²) in [5.74, 6) is -2.17. The van der Waals surface area contributed by atoms with Crippen LogP contribution in [0.25, 0.3) is 0 Å². The average Bonchev–Trinajstić information content (AvgIpc) is 2.55. The van der Waals surface area contributed by atoms with Gasteiger partial charge in [-0.2, -0.15) is 0 Å². The molecular weight excluding hydrogens is 306 g/mol. The van der Waals surface area contributed by atoms with E-state index >= 15 is 0 Å². The maximum Gasteiger partial charge on any atom is 0.270 e. The molecule has 0 bridgehead atoms. The maximum absolute atomic E-state index is 13.2. The van der Waals surface area contributed by atoms with Crippen LogP contribution < -0.4 is 10.6 Å². The molecule has 0 radical (unpaired) electrons. The monoisotopic (exact) mass is 322 g/mol. The number of aromatic nitrogens is 2. The lowest BCUT2D eigenvalue weighted by molar-refractivity contribution is 0.0943. The quantitative estimate of drug-likeness (QED) is 0.765. The smallest absolute Gasteiger partial charge is 0.270 e. The largest absolute Gasteiger partial charge is 0.385 e. The van der Waals surface area contributed by atoms with Gasteiger partial charge in [0.1, 0.15) is 5.69 Å². The van der Waals surface area contributed by atoms with Crippen molar-refractivity contribution < 1.29 is 18.3 Å². The van der Waals surface area contributed by atoms with Crippen LogP contribution in [0.1, 0.15) is 16.9 Å². The van der Waals surface area contributed by atoms with Gasteiger partial charge in [-0.25, -0.2) is 18.7 Å². The van der Waals surface area contributed by atoms with Crippen LogP contribution >= 0.6 is 0 Å². The number of methoxy groups -OCH3 is 1. The van der Waals surface area contributed by atoms with Crippen LogP contribution in [0.15, 0.2) is 30.5 Å². The molecule has 1 amide bonds. The molecule has 0 spiro atoms. The summed E-state index contributed by atoms with van der Waals surface area (Å²) in [6.07, 6.45) is 2.09. The first kappa shape index (κ1) is 16.8. The molecule has 2 rings (SSSR count).